The van der Waals surface area contributed by atoms with E-state index in [1.54, 1.807) is 18.2 Å². The van der Waals surface area contributed by atoms with Gasteiger partial charge in [-0.2, -0.15) is 0 Å². The van der Waals surface area contributed by atoms with Crippen LogP contribution in [-0.2, 0) is 4.74 Å². The van der Waals surface area contributed by atoms with Crippen LogP contribution in [0.3, 0.4) is 0 Å². The number of nitrogens with zero attached hydrogens (tertiary/aromatic N) is 1. The zero-order valence-electron chi connectivity index (χ0n) is 10.8. The summed E-state index contributed by atoms with van der Waals surface area (Å²) in [5.74, 6) is -0.988. The molecule has 0 fully saturated rings. The molecule has 0 saturated heterocycles. The lowest BCUT2D eigenvalue weighted by molar-refractivity contribution is 0.0698. The number of ether oxygens (including phenoxy) is 1. The Kier molecular flexibility index (Phi) is 8.32. The van der Waals surface area contributed by atoms with E-state index in [1.165, 1.54) is 6.07 Å². The molecule has 19 heavy (non-hydrogen) atoms. The van der Waals surface area contributed by atoms with Crippen molar-refractivity contribution >= 4 is 28.7 Å². The third-order valence-corrected chi connectivity index (χ3v) is 2.05. The molecule has 1 rings (SSSR count). The third-order valence-electron chi connectivity index (χ3n) is 1.95. The molecule has 0 amide bonds. The number of halogens is 1. The number of para-hydroxylation sites is 1. The SMILES string of the molecule is CN(C)CCOC(=O)Cl.Nc1ccccc1C(=O)O. The number of anilines is 1. The summed E-state index contributed by atoms with van der Waals surface area (Å²) in [5, 5.41) is 8.49. The summed E-state index contributed by atoms with van der Waals surface area (Å²) in [5.41, 5.74) is 5.06. The van der Waals surface area contributed by atoms with Gasteiger partial charge in [-0.3, -0.25) is 0 Å². The van der Waals surface area contributed by atoms with Crippen LogP contribution in [0.5, 0.6) is 0 Å². The van der Waals surface area contributed by atoms with Crippen molar-refractivity contribution in [1.82, 2.24) is 4.90 Å². The van der Waals surface area contributed by atoms with E-state index >= 15 is 0 Å². The normalized spacial score (nSPS) is 9.47. The van der Waals surface area contributed by atoms with Crippen LogP contribution in [0.1, 0.15) is 10.4 Å². The molecule has 0 aliphatic rings. The molecule has 0 aliphatic heterocycles. The number of nitrogen functional groups attached to an aromatic ring is 1. The highest BCUT2D eigenvalue weighted by molar-refractivity contribution is 6.61. The Morgan fingerprint density at radius 2 is 1.95 bits per heavy atom. The average Bonchev–Trinajstić information content (AvgIpc) is 2.29. The molecule has 0 unspecified atom stereocenters. The van der Waals surface area contributed by atoms with E-state index in [0.717, 1.165) is 0 Å². The Morgan fingerprint density at radius 1 is 1.37 bits per heavy atom. The number of carbonyl (C=O) groups is 2. The van der Waals surface area contributed by atoms with Crippen molar-refractivity contribution in [3.63, 3.8) is 0 Å². The molecule has 0 aromatic heterocycles. The number of carboxylic acids is 1. The minimum absolute atomic E-state index is 0.155. The number of hydrogen-bond acceptors (Lipinski definition) is 5. The number of benzene rings is 1. The fraction of sp³-hybridized carbons (Fsp3) is 0.333. The van der Waals surface area contributed by atoms with Gasteiger partial charge in [-0.15, -0.1) is 0 Å². The number of hydrogen-bond donors (Lipinski definition) is 2. The largest absolute Gasteiger partial charge is 0.478 e. The number of carbonyl (C=O) groups excluding carboxylic acids is 1. The van der Waals surface area contributed by atoms with E-state index in [-0.39, 0.29) is 5.56 Å². The standard InChI is InChI=1S/C7H7NO2.C5H10ClNO2/c8-6-4-2-1-3-5(6)7(9)10;1-7(2)3-4-9-5(6)8/h1-4H,8H2,(H,9,10);3-4H2,1-2H3. The van der Waals surface area contributed by atoms with Crippen molar-refractivity contribution in [2.24, 2.45) is 0 Å². The molecule has 106 valence electrons. The predicted octanol–water partition coefficient (Wildman–Crippen LogP) is 1.89. The number of likely N-dealkylation sites (N-methyl/N-ethyl adjacent to an activating group) is 1. The van der Waals surface area contributed by atoms with Crippen molar-refractivity contribution < 1.29 is 19.4 Å². The molecule has 1 aromatic carbocycles. The van der Waals surface area contributed by atoms with Crippen molar-refractivity contribution in [2.75, 3.05) is 33.0 Å². The van der Waals surface area contributed by atoms with Gasteiger partial charge in [0.05, 0.1) is 5.56 Å². The van der Waals surface area contributed by atoms with Gasteiger partial charge in [0.25, 0.3) is 0 Å². The predicted molar refractivity (Wildman–Crippen MR) is 73.6 cm³/mol. The number of nitrogens with two attached hydrogens (primary N) is 1. The first-order chi connectivity index (χ1) is 8.84. The van der Waals surface area contributed by atoms with Gasteiger partial charge in [0.15, 0.2) is 0 Å². The highest BCUT2D eigenvalue weighted by Gasteiger charge is 2.03. The molecule has 6 nitrogen and oxygen atoms in total. The third kappa shape index (κ3) is 8.87. The van der Waals surface area contributed by atoms with Crippen LogP contribution in [0.25, 0.3) is 0 Å². The van der Waals surface area contributed by atoms with E-state index < -0.39 is 11.4 Å². The first kappa shape index (κ1) is 17.2. The highest BCUT2D eigenvalue weighted by atomic mass is 35.5. The van der Waals surface area contributed by atoms with E-state index in [4.69, 9.17) is 22.4 Å². The summed E-state index contributed by atoms with van der Waals surface area (Å²) in [6, 6.07) is 6.36. The summed E-state index contributed by atoms with van der Waals surface area (Å²) in [4.78, 5) is 22.2. The molecule has 0 saturated carbocycles. The van der Waals surface area contributed by atoms with E-state index in [0.29, 0.717) is 18.8 Å². The van der Waals surface area contributed by atoms with Gasteiger partial charge in [0, 0.05) is 23.8 Å². The molecule has 7 heteroatoms. The van der Waals surface area contributed by atoms with Gasteiger partial charge in [-0.05, 0) is 26.2 Å². The molecule has 0 radical (unpaired) electrons. The van der Waals surface area contributed by atoms with Gasteiger partial charge in [0.2, 0.25) is 0 Å². The monoisotopic (exact) mass is 288 g/mol. The average molecular weight is 289 g/mol. The molecule has 1 aromatic rings. The molecule has 0 atom stereocenters. The van der Waals surface area contributed by atoms with Gasteiger partial charge < -0.3 is 20.5 Å². The van der Waals surface area contributed by atoms with Crippen molar-refractivity contribution in [3.8, 4) is 0 Å². The maximum atomic E-state index is 10.3. The fourth-order valence-corrected chi connectivity index (χ4v) is 1.08. The lowest BCUT2D eigenvalue weighted by Gasteiger charge is -2.07. The minimum atomic E-state index is -0.988. The van der Waals surface area contributed by atoms with E-state index in [2.05, 4.69) is 4.74 Å². The molecular formula is C12H17ClN2O4. The summed E-state index contributed by atoms with van der Waals surface area (Å²) >= 11 is 4.88. The highest BCUT2D eigenvalue weighted by Crippen LogP contribution is 2.08. The summed E-state index contributed by atoms with van der Waals surface area (Å²) in [7, 11) is 3.78. The lowest BCUT2D eigenvalue weighted by Crippen LogP contribution is -2.18. The Morgan fingerprint density at radius 3 is 2.32 bits per heavy atom. The molecular weight excluding hydrogens is 272 g/mol. The maximum Gasteiger partial charge on any atom is 0.403 e. The van der Waals surface area contributed by atoms with Crippen molar-refractivity contribution in [1.29, 1.82) is 0 Å². The second kappa shape index (κ2) is 9.18. The first-order valence-electron chi connectivity index (χ1n) is 5.39. The second-order valence-electron chi connectivity index (χ2n) is 3.78. The molecule has 0 aliphatic carbocycles. The lowest BCUT2D eigenvalue weighted by atomic mass is 10.2. The van der Waals surface area contributed by atoms with Crippen LogP contribution < -0.4 is 5.73 Å². The minimum Gasteiger partial charge on any atom is -0.478 e. The van der Waals surface area contributed by atoms with Gasteiger partial charge in [-0.1, -0.05) is 12.1 Å². The topological polar surface area (TPSA) is 92.9 Å². The number of carboxylic acid groups (broad SMARTS) is 1. The Hall–Kier alpha value is -1.79. The zero-order valence-corrected chi connectivity index (χ0v) is 11.6. The summed E-state index contributed by atoms with van der Waals surface area (Å²) in [6.45, 7) is 1.06. The quantitative estimate of drug-likeness (QED) is 0.649. The smallest absolute Gasteiger partial charge is 0.403 e. The van der Waals surface area contributed by atoms with E-state index in [9.17, 15) is 9.59 Å². The Balaban J connectivity index is 0.000000344. The second-order valence-corrected chi connectivity index (χ2v) is 4.09. The maximum absolute atomic E-state index is 10.3. The van der Waals surface area contributed by atoms with Gasteiger partial charge in [0.1, 0.15) is 6.61 Å². The summed E-state index contributed by atoms with van der Waals surface area (Å²) in [6.07, 6.45) is 0. The Labute approximate surface area is 116 Å². The van der Waals surface area contributed by atoms with Crippen LogP contribution in [0, 0.1) is 0 Å². The Bertz CT molecular complexity index is 424. The molecule has 0 bridgehead atoms. The van der Waals surface area contributed by atoms with Crippen LogP contribution in [0.4, 0.5) is 10.5 Å². The van der Waals surface area contributed by atoms with Crippen LogP contribution >= 0.6 is 11.6 Å². The molecule has 3 N–H and O–H groups in total. The van der Waals surface area contributed by atoms with E-state index in [1.807, 2.05) is 19.0 Å². The van der Waals surface area contributed by atoms with Gasteiger partial charge >= 0.3 is 11.4 Å². The number of rotatable bonds is 4. The van der Waals surface area contributed by atoms with Crippen LogP contribution in [0.2, 0.25) is 0 Å². The number of aromatic carboxylic acids is 1. The molecule has 0 spiro atoms. The summed E-state index contributed by atoms with van der Waals surface area (Å²) < 4.78 is 4.44. The first-order valence-corrected chi connectivity index (χ1v) is 5.77. The van der Waals surface area contributed by atoms with Crippen molar-refractivity contribution in [3.05, 3.63) is 29.8 Å². The molecule has 0 heterocycles. The van der Waals surface area contributed by atoms with Crippen LogP contribution in [-0.4, -0.2) is 48.7 Å². The van der Waals surface area contributed by atoms with Gasteiger partial charge in [-0.25, -0.2) is 9.59 Å². The van der Waals surface area contributed by atoms with Crippen molar-refractivity contribution in [2.45, 2.75) is 0 Å². The zero-order chi connectivity index (χ0) is 14.8. The fourth-order valence-electron chi connectivity index (χ4n) is 1.00. The van der Waals surface area contributed by atoms with Crippen LogP contribution in [0.15, 0.2) is 24.3 Å².